The van der Waals surface area contributed by atoms with Gasteiger partial charge in [-0.05, 0) is 48.8 Å². The molecule has 0 aliphatic carbocycles. The van der Waals surface area contributed by atoms with Crippen LogP contribution < -0.4 is 0 Å². The van der Waals surface area contributed by atoms with Crippen LogP contribution in [0.3, 0.4) is 0 Å². The molecule has 154 valence electrons. The molecule has 1 aliphatic rings. The monoisotopic (exact) mass is 437 g/mol. The summed E-state index contributed by atoms with van der Waals surface area (Å²) in [6, 6.07) is 14.2. The lowest BCUT2D eigenvalue weighted by Gasteiger charge is -2.13. The number of aryl methyl sites for hydroxylation is 1. The average molecular weight is 438 g/mol. The van der Waals surface area contributed by atoms with Crippen LogP contribution in [-0.4, -0.2) is 39.0 Å². The van der Waals surface area contributed by atoms with E-state index < -0.39 is 0 Å². The first-order valence-electron chi connectivity index (χ1n) is 10.1. The normalized spacial score (nSPS) is 15.8. The highest BCUT2D eigenvalue weighted by molar-refractivity contribution is 7.80. The van der Waals surface area contributed by atoms with Crippen LogP contribution in [-0.2, 0) is 17.8 Å². The van der Waals surface area contributed by atoms with Crippen molar-refractivity contribution in [1.29, 1.82) is 0 Å². The number of benzene rings is 2. The molecule has 1 saturated heterocycles. The molecule has 0 bridgehead atoms. The van der Waals surface area contributed by atoms with Crippen LogP contribution in [0.4, 0.5) is 0 Å². The van der Waals surface area contributed by atoms with E-state index in [-0.39, 0.29) is 5.91 Å². The second-order valence-corrected chi connectivity index (χ2v) is 8.16. The lowest BCUT2D eigenvalue weighted by molar-refractivity contribution is -0.122. The van der Waals surface area contributed by atoms with Crippen molar-refractivity contribution >= 4 is 51.8 Å². The molecule has 1 fully saturated rings. The summed E-state index contributed by atoms with van der Waals surface area (Å²) in [4.78, 5) is 16.3. The number of thiocarbonyl (C=S) groups is 1. The van der Waals surface area contributed by atoms with Crippen LogP contribution in [0.15, 0.2) is 54.4 Å². The molecule has 0 spiro atoms. The van der Waals surface area contributed by atoms with Gasteiger partial charge >= 0.3 is 0 Å². The fourth-order valence-electron chi connectivity index (χ4n) is 4.04. The van der Waals surface area contributed by atoms with Gasteiger partial charge in [0.1, 0.15) is 5.70 Å². The zero-order chi connectivity index (χ0) is 21.4. The summed E-state index contributed by atoms with van der Waals surface area (Å²) in [7, 11) is 1.85. The standard InChI is InChI=1S/C24H24ClN3OS/c1-4-16-10-8-11-19-18(13-21-23(29)28(5-2)24(30)26(21)3)15-27(22(16)19)14-17-9-6-7-12-20(17)25/h6-13,15H,4-5,14H2,1-3H3/b21-13-. The molecule has 0 saturated carbocycles. The molecule has 0 unspecified atom stereocenters. The quantitative estimate of drug-likeness (QED) is 0.399. The number of amides is 1. The summed E-state index contributed by atoms with van der Waals surface area (Å²) in [5.74, 6) is -0.0522. The predicted molar refractivity (Wildman–Crippen MR) is 128 cm³/mol. The maximum absolute atomic E-state index is 12.9. The van der Waals surface area contributed by atoms with Gasteiger partial charge in [0.25, 0.3) is 5.91 Å². The maximum atomic E-state index is 12.9. The van der Waals surface area contributed by atoms with Crippen LogP contribution in [0, 0.1) is 0 Å². The number of halogens is 1. The fraction of sp³-hybridized carbons (Fsp3) is 0.250. The summed E-state index contributed by atoms with van der Waals surface area (Å²) in [6.45, 7) is 5.32. The SMILES string of the molecule is CCc1cccc2c(/C=C3/C(=O)N(CC)C(=S)N3C)cn(Cc3ccccc3Cl)c12. The zero-order valence-corrected chi connectivity index (χ0v) is 18.9. The zero-order valence-electron chi connectivity index (χ0n) is 17.4. The number of rotatable bonds is 5. The Kier molecular flexibility index (Phi) is 5.67. The van der Waals surface area contributed by atoms with E-state index >= 15 is 0 Å². The van der Waals surface area contributed by atoms with Gasteiger partial charge in [-0.2, -0.15) is 0 Å². The Morgan fingerprint density at radius 3 is 2.47 bits per heavy atom. The Balaban J connectivity index is 1.87. The van der Waals surface area contributed by atoms with Crippen molar-refractivity contribution < 1.29 is 4.79 Å². The minimum Gasteiger partial charge on any atom is -0.342 e. The number of para-hydroxylation sites is 1. The number of hydrogen-bond donors (Lipinski definition) is 0. The lowest BCUT2D eigenvalue weighted by Crippen LogP contribution is -2.30. The summed E-state index contributed by atoms with van der Waals surface area (Å²) in [6.07, 6.45) is 4.99. The summed E-state index contributed by atoms with van der Waals surface area (Å²) in [5, 5.41) is 2.42. The van der Waals surface area contributed by atoms with Gasteiger partial charge in [-0.1, -0.05) is 54.9 Å². The van der Waals surface area contributed by atoms with Gasteiger partial charge in [0.15, 0.2) is 5.11 Å². The number of fused-ring (bicyclic) bond motifs is 1. The molecular formula is C24H24ClN3OS. The molecule has 1 amide bonds. The molecule has 0 radical (unpaired) electrons. The van der Waals surface area contributed by atoms with E-state index in [1.807, 2.05) is 44.3 Å². The third-order valence-electron chi connectivity index (χ3n) is 5.64. The van der Waals surface area contributed by atoms with Crippen LogP contribution in [0.1, 0.15) is 30.5 Å². The van der Waals surface area contributed by atoms with E-state index in [0.717, 1.165) is 28.0 Å². The number of carbonyl (C=O) groups excluding carboxylic acids is 1. The Labute approximate surface area is 187 Å². The molecular weight excluding hydrogens is 414 g/mol. The van der Waals surface area contributed by atoms with Gasteiger partial charge in [-0.25, -0.2) is 0 Å². The van der Waals surface area contributed by atoms with Crippen LogP contribution in [0.2, 0.25) is 5.02 Å². The van der Waals surface area contributed by atoms with Gasteiger partial charge < -0.3 is 9.47 Å². The first kappa shape index (κ1) is 20.6. The third-order valence-corrected chi connectivity index (χ3v) is 6.51. The smallest absolute Gasteiger partial charge is 0.276 e. The van der Waals surface area contributed by atoms with E-state index in [1.165, 1.54) is 11.1 Å². The fourth-order valence-corrected chi connectivity index (χ4v) is 4.54. The first-order valence-corrected chi connectivity index (χ1v) is 10.9. The van der Waals surface area contributed by atoms with Crippen molar-refractivity contribution in [2.45, 2.75) is 26.8 Å². The second-order valence-electron chi connectivity index (χ2n) is 7.39. The van der Waals surface area contributed by atoms with Gasteiger partial charge in [-0.3, -0.25) is 9.69 Å². The van der Waals surface area contributed by atoms with Crippen LogP contribution in [0.5, 0.6) is 0 Å². The number of nitrogens with zero attached hydrogens (tertiary/aromatic N) is 3. The van der Waals surface area contributed by atoms with Crippen molar-refractivity contribution in [3.05, 3.63) is 76.1 Å². The van der Waals surface area contributed by atoms with Crippen molar-refractivity contribution in [1.82, 2.24) is 14.4 Å². The van der Waals surface area contributed by atoms with Crippen molar-refractivity contribution in [2.75, 3.05) is 13.6 Å². The molecule has 1 aliphatic heterocycles. The minimum absolute atomic E-state index is 0.0522. The third kappa shape index (κ3) is 3.42. The molecule has 30 heavy (non-hydrogen) atoms. The largest absolute Gasteiger partial charge is 0.342 e. The number of likely N-dealkylation sites (N-methyl/N-ethyl adjacent to an activating group) is 2. The molecule has 0 N–H and O–H groups in total. The predicted octanol–water partition coefficient (Wildman–Crippen LogP) is 5.33. The number of carbonyl (C=O) groups is 1. The van der Waals surface area contributed by atoms with Crippen molar-refractivity contribution in [2.24, 2.45) is 0 Å². The summed E-state index contributed by atoms with van der Waals surface area (Å²) >= 11 is 11.9. The topological polar surface area (TPSA) is 28.5 Å². The Hall–Kier alpha value is -2.63. The van der Waals surface area contributed by atoms with Gasteiger partial charge in [0.05, 0.1) is 5.52 Å². The van der Waals surface area contributed by atoms with E-state index in [2.05, 4.69) is 35.9 Å². The highest BCUT2D eigenvalue weighted by Gasteiger charge is 2.34. The Morgan fingerprint density at radius 1 is 1.07 bits per heavy atom. The first-order chi connectivity index (χ1) is 14.5. The average Bonchev–Trinajstić information content (AvgIpc) is 3.19. The lowest BCUT2D eigenvalue weighted by atomic mass is 10.1. The maximum Gasteiger partial charge on any atom is 0.276 e. The highest BCUT2D eigenvalue weighted by Crippen LogP contribution is 2.31. The summed E-state index contributed by atoms with van der Waals surface area (Å²) < 4.78 is 2.23. The molecule has 3 aromatic rings. The molecule has 2 aromatic carbocycles. The molecule has 1 aromatic heterocycles. The van der Waals surface area contributed by atoms with Crippen molar-refractivity contribution in [3.8, 4) is 0 Å². The Morgan fingerprint density at radius 2 is 1.80 bits per heavy atom. The highest BCUT2D eigenvalue weighted by atomic mass is 35.5. The van der Waals surface area contributed by atoms with Crippen molar-refractivity contribution in [3.63, 3.8) is 0 Å². The van der Waals surface area contributed by atoms with E-state index in [4.69, 9.17) is 23.8 Å². The number of hydrogen-bond acceptors (Lipinski definition) is 2. The molecule has 6 heteroatoms. The number of aromatic nitrogens is 1. The molecule has 4 rings (SSSR count). The molecule has 4 nitrogen and oxygen atoms in total. The molecule has 0 atom stereocenters. The van der Waals surface area contributed by atoms with Crippen LogP contribution >= 0.6 is 23.8 Å². The van der Waals surface area contributed by atoms with Gasteiger partial charge in [0.2, 0.25) is 0 Å². The Bertz CT molecular complexity index is 1180. The summed E-state index contributed by atoms with van der Waals surface area (Å²) in [5.41, 5.74) is 5.10. The van der Waals surface area contributed by atoms with Gasteiger partial charge in [-0.15, -0.1) is 0 Å². The van der Waals surface area contributed by atoms with E-state index in [9.17, 15) is 4.79 Å². The van der Waals surface area contributed by atoms with Gasteiger partial charge in [0, 0.05) is 42.3 Å². The molecule has 2 heterocycles. The van der Waals surface area contributed by atoms with Crippen LogP contribution in [0.25, 0.3) is 17.0 Å². The van der Waals surface area contributed by atoms with E-state index in [1.54, 1.807) is 9.80 Å². The second kappa shape index (κ2) is 8.25. The van der Waals surface area contributed by atoms with E-state index in [0.29, 0.717) is 23.9 Å². The minimum atomic E-state index is -0.0522.